The Labute approximate surface area is 74.8 Å². The molecule has 0 radical (unpaired) electrons. The van der Waals surface area contributed by atoms with Crippen LogP contribution in [0.15, 0.2) is 12.7 Å². The van der Waals surface area contributed by atoms with Crippen LogP contribution in [0.25, 0.3) is 0 Å². The summed E-state index contributed by atoms with van der Waals surface area (Å²) in [7, 11) is 0. The molecule has 0 aromatic carbocycles. The second-order valence-electron chi connectivity index (χ2n) is 4.29. The van der Waals surface area contributed by atoms with Crippen LogP contribution in [0.1, 0.15) is 32.6 Å². The van der Waals surface area contributed by atoms with Crippen molar-refractivity contribution in [2.24, 2.45) is 11.8 Å². The monoisotopic (exact) mass is 166 g/mol. The van der Waals surface area contributed by atoms with Crippen molar-refractivity contribution in [3.05, 3.63) is 12.7 Å². The minimum Gasteiger partial charge on any atom is -0.371 e. The third-order valence-corrected chi connectivity index (χ3v) is 3.39. The van der Waals surface area contributed by atoms with Crippen LogP contribution in [-0.2, 0) is 4.74 Å². The van der Waals surface area contributed by atoms with Gasteiger partial charge in [-0.15, -0.1) is 6.58 Å². The molecule has 0 aromatic rings. The van der Waals surface area contributed by atoms with Crippen LogP contribution >= 0.6 is 0 Å². The maximum atomic E-state index is 5.88. The van der Waals surface area contributed by atoms with Crippen LogP contribution < -0.4 is 0 Å². The summed E-state index contributed by atoms with van der Waals surface area (Å²) in [6.45, 7) is 5.82. The standard InChI is InChI=1S/C11H18O/c1-3-8(2)12-11-7-9-4-5-10(11)6-9/h3,8-11H,1,4-7H2,2H3. The predicted molar refractivity (Wildman–Crippen MR) is 50.0 cm³/mol. The molecule has 2 aliphatic rings. The van der Waals surface area contributed by atoms with Crippen LogP contribution in [0.3, 0.4) is 0 Å². The molecule has 2 saturated carbocycles. The average molecular weight is 166 g/mol. The zero-order chi connectivity index (χ0) is 8.55. The summed E-state index contributed by atoms with van der Waals surface area (Å²) in [5, 5.41) is 0. The Morgan fingerprint density at radius 3 is 2.75 bits per heavy atom. The van der Waals surface area contributed by atoms with E-state index in [2.05, 4.69) is 13.5 Å². The maximum Gasteiger partial charge on any atom is 0.0728 e. The molecule has 0 aliphatic heterocycles. The van der Waals surface area contributed by atoms with E-state index < -0.39 is 0 Å². The lowest BCUT2D eigenvalue weighted by molar-refractivity contribution is -0.00945. The van der Waals surface area contributed by atoms with Gasteiger partial charge in [0.1, 0.15) is 0 Å². The Hall–Kier alpha value is -0.300. The lowest BCUT2D eigenvalue weighted by Gasteiger charge is -2.24. The van der Waals surface area contributed by atoms with E-state index >= 15 is 0 Å². The zero-order valence-corrected chi connectivity index (χ0v) is 7.83. The summed E-state index contributed by atoms with van der Waals surface area (Å²) in [6, 6.07) is 0. The van der Waals surface area contributed by atoms with Gasteiger partial charge < -0.3 is 4.74 Å². The van der Waals surface area contributed by atoms with Gasteiger partial charge in [0.05, 0.1) is 12.2 Å². The van der Waals surface area contributed by atoms with E-state index in [1.54, 1.807) is 0 Å². The van der Waals surface area contributed by atoms with Gasteiger partial charge in [0, 0.05) is 0 Å². The molecule has 2 bridgehead atoms. The molecule has 1 nitrogen and oxygen atoms in total. The smallest absolute Gasteiger partial charge is 0.0728 e. The molecule has 4 atom stereocenters. The summed E-state index contributed by atoms with van der Waals surface area (Å²) in [5.41, 5.74) is 0. The van der Waals surface area contributed by atoms with Crippen LogP contribution in [0.4, 0.5) is 0 Å². The highest BCUT2D eigenvalue weighted by Gasteiger charge is 2.40. The number of rotatable bonds is 3. The highest BCUT2D eigenvalue weighted by atomic mass is 16.5. The molecule has 68 valence electrons. The third kappa shape index (κ3) is 1.42. The second-order valence-corrected chi connectivity index (χ2v) is 4.29. The van der Waals surface area contributed by atoms with E-state index in [-0.39, 0.29) is 6.10 Å². The van der Waals surface area contributed by atoms with Crippen molar-refractivity contribution in [1.29, 1.82) is 0 Å². The first-order chi connectivity index (χ1) is 5.79. The first kappa shape index (κ1) is 8.31. The van der Waals surface area contributed by atoms with Crippen molar-refractivity contribution in [2.75, 3.05) is 0 Å². The number of ether oxygens (including phenoxy) is 1. The number of fused-ring (bicyclic) bond motifs is 2. The van der Waals surface area contributed by atoms with Crippen molar-refractivity contribution >= 4 is 0 Å². The lowest BCUT2D eigenvalue weighted by Crippen LogP contribution is -2.24. The normalized spacial score (nSPS) is 41.6. The van der Waals surface area contributed by atoms with Gasteiger partial charge in [-0.25, -0.2) is 0 Å². The van der Waals surface area contributed by atoms with Gasteiger partial charge in [0.2, 0.25) is 0 Å². The second kappa shape index (κ2) is 3.21. The summed E-state index contributed by atoms with van der Waals surface area (Å²) in [6.07, 6.45) is 8.28. The fourth-order valence-electron chi connectivity index (χ4n) is 2.68. The molecule has 2 fully saturated rings. The molecular weight excluding hydrogens is 148 g/mol. The van der Waals surface area contributed by atoms with Crippen LogP contribution in [0, 0.1) is 11.8 Å². The first-order valence-electron chi connectivity index (χ1n) is 5.07. The van der Waals surface area contributed by atoms with Crippen molar-refractivity contribution in [3.63, 3.8) is 0 Å². The fourth-order valence-corrected chi connectivity index (χ4v) is 2.68. The van der Waals surface area contributed by atoms with E-state index in [1.165, 1.54) is 25.7 Å². The van der Waals surface area contributed by atoms with E-state index in [1.807, 2.05) is 6.08 Å². The highest BCUT2D eigenvalue weighted by Crippen LogP contribution is 2.46. The van der Waals surface area contributed by atoms with E-state index in [0.717, 1.165) is 11.8 Å². The minimum absolute atomic E-state index is 0.245. The molecular formula is C11H18O. The molecule has 0 amide bonds. The van der Waals surface area contributed by atoms with Crippen LogP contribution in [-0.4, -0.2) is 12.2 Å². The molecule has 0 heterocycles. The molecule has 2 aliphatic carbocycles. The Balaban J connectivity index is 1.86. The van der Waals surface area contributed by atoms with Crippen molar-refractivity contribution in [1.82, 2.24) is 0 Å². The van der Waals surface area contributed by atoms with Crippen molar-refractivity contribution in [3.8, 4) is 0 Å². The number of hydrogen-bond acceptors (Lipinski definition) is 1. The SMILES string of the molecule is C=CC(C)OC1CC2CCC1C2. The molecule has 0 N–H and O–H groups in total. The molecule has 12 heavy (non-hydrogen) atoms. The summed E-state index contributed by atoms with van der Waals surface area (Å²) < 4.78 is 5.88. The largest absolute Gasteiger partial charge is 0.371 e. The Morgan fingerprint density at radius 1 is 1.42 bits per heavy atom. The van der Waals surface area contributed by atoms with Gasteiger partial charge in [-0.1, -0.05) is 6.08 Å². The quantitative estimate of drug-likeness (QED) is 0.586. The molecule has 1 heteroatoms. The molecule has 0 aromatic heterocycles. The van der Waals surface area contributed by atoms with E-state index in [9.17, 15) is 0 Å². The Bertz CT molecular complexity index is 176. The maximum absolute atomic E-state index is 5.88. The summed E-state index contributed by atoms with van der Waals surface area (Å²) in [5.74, 6) is 1.86. The van der Waals surface area contributed by atoms with E-state index in [4.69, 9.17) is 4.74 Å². The van der Waals surface area contributed by atoms with Crippen molar-refractivity contribution in [2.45, 2.75) is 44.8 Å². The fraction of sp³-hybridized carbons (Fsp3) is 0.818. The van der Waals surface area contributed by atoms with Crippen LogP contribution in [0.5, 0.6) is 0 Å². The molecule has 2 rings (SSSR count). The molecule has 0 saturated heterocycles. The van der Waals surface area contributed by atoms with Gasteiger partial charge in [-0.2, -0.15) is 0 Å². The summed E-state index contributed by atoms with van der Waals surface area (Å²) >= 11 is 0. The zero-order valence-electron chi connectivity index (χ0n) is 7.83. The highest BCUT2D eigenvalue weighted by molar-refractivity contribution is 4.92. The predicted octanol–water partition coefficient (Wildman–Crippen LogP) is 2.77. The van der Waals surface area contributed by atoms with Gasteiger partial charge in [-0.05, 0) is 44.4 Å². The number of hydrogen-bond donors (Lipinski definition) is 0. The summed E-state index contributed by atoms with van der Waals surface area (Å²) in [4.78, 5) is 0. The third-order valence-electron chi connectivity index (χ3n) is 3.39. The van der Waals surface area contributed by atoms with Gasteiger partial charge in [0.25, 0.3) is 0 Å². The van der Waals surface area contributed by atoms with Gasteiger partial charge in [0.15, 0.2) is 0 Å². The van der Waals surface area contributed by atoms with Crippen LogP contribution in [0.2, 0.25) is 0 Å². The van der Waals surface area contributed by atoms with Gasteiger partial charge >= 0.3 is 0 Å². The Morgan fingerprint density at radius 2 is 2.25 bits per heavy atom. The molecule has 0 spiro atoms. The lowest BCUT2D eigenvalue weighted by atomic mass is 9.97. The average Bonchev–Trinajstić information content (AvgIpc) is 2.64. The van der Waals surface area contributed by atoms with Gasteiger partial charge in [-0.3, -0.25) is 0 Å². The van der Waals surface area contributed by atoms with E-state index in [0.29, 0.717) is 6.10 Å². The molecule has 4 unspecified atom stereocenters. The topological polar surface area (TPSA) is 9.23 Å². The minimum atomic E-state index is 0.245. The van der Waals surface area contributed by atoms with Crippen molar-refractivity contribution < 1.29 is 4.74 Å². The first-order valence-corrected chi connectivity index (χ1v) is 5.07. The Kier molecular flexibility index (Phi) is 2.22.